The number of rotatable bonds is 2. The smallest absolute Gasteiger partial charge is 0.328 e. The third kappa shape index (κ3) is 2.61. The first kappa shape index (κ1) is 15.0. The van der Waals surface area contributed by atoms with Crippen molar-refractivity contribution >= 4 is 23.2 Å². The lowest BCUT2D eigenvalue weighted by Gasteiger charge is -2.12. The maximum absolute atomic E-state index is 13.1. The molecule has 0 bridgehead atoms. The second-order valence-electron chi connectivity index (χ2n) is 5.49. The molecule has 0 saturated carbocycles. The summed E-state index contributed by atoms with van der Waals surface area (Å²) in [5.74, 6) is -0.302. The molecule has 1 aromatic heterocycles. The van der Waals surface area contributed by atoms with Crippen LogP contribution in [0.4, 0.5) is 9.18 Å². The molecule has 0 aliphatic carbocycles. The lowest BCUT2D eigenvalue weighted by molar-refractivity contribution is 0.112. The summed E-state index contributed by atoms with van der Waals surface area (Å²) in [6.45, 7) is 0. The first-order chi connectivity index (χ1) is 11.0. The summed E-state index contributed by atoms with van der Waals surface area (Å²) < 4.78 is 14.5. The first-order valence-corrected chi connectivity index (χ1v) is 7.09. The molecule has 0 aliphatic heterocycles. The number of hydrogen-bond acceptors (Lipinski definition) is 2. The van der Waals surface area contributed by atoms with Gasteiger partial charge in [-0.2, -0.15) is 0 Å². The third-order valence-electron chi connectivity index (χ3n) is 3.73. The molecule has 23 heavy (non-hydrogen) atoms. The van der Waals surface area contributed by atoms with Crippen LogP contribution in [0.2, 0.25) is 0 Å². The van der Waals surface area contributed by atoms with E-state index in [1.807, 2.05) is 12.1 Å². The highest BCUT2D eigenvalue weighted by Gasteiger charge is 2.15. The Morgan fingerprint density at radius 1 is 1.09 bits per heavy atom. The van der Waals surface area contributed by atoms with Crippen molar-refractivity contribution in [2.24, 2.45) is 0 Å². The molecule has 5 heteroatoms. The van der Waals surface area contributed by atoms with Gasteiger partial charge in [-0.3, -0.25) is 9.36 Å². The molecule has 0 radical (unpaired) electrons. The van der Waals surface area contributed by atoms with Crippen molar-refractivity contribution in [2.75, 3.05) is 14.1 Å². The molecule has 0 spiro atoms. The summed E-state index contributed by atoms with van der Waals surface area (Å²) in [5.41, 5.74) is 2.79. The van der Waals surface area contributed by atoms with Crippen molar-refractivity contribution in [3.05, 3.63) is 60.0 Å². The Hall–Kier alpha value is -2.95. The first-order valence-electron chi connectivity index (χ1n) is 7.09. The minimum atomic E-state index is -0.302. The Morgan fingerprint density at radius 2 is 1.74 bits per heavy atom. The monoisotopic (exact) mass is 310 g/mol. The van der Waals surface area contributed by atoms with E-state index in [0.29, 0.717) is 16.5 Å². The number of aldehydes is 1. The second-order valence-corrected chi connectivity index (χ2v) is 5.49. The Labute approximate surface area is 132 Å². The van der Waals surface area contributed by atoms with E-state index < -0.39 is 0 Å². The molecular formula is C18H15FN2O2. The highest BCUT2D eigenvalue weighted by atomic mass is 19.1. The summed E-state index contributed by atoms with van der Waals surface area (Å²) in [6, 6.07) is 11.4. The van der Waals surface area contributed by atoms with Gasteiger partial charge in [-0.15, -0.1) is 0 Å². The number of amides is 1. The number of hydrogen-bond donors (Lipinski definition) is 0. The number of nitrogens with zero attached hydrogens (tertiary/aromatic N) is 2. The molecular weight excluding hydrogens is 295 g/mol. The number of carbonyl (C=O) groups excluding carboxylic acids is 2. The Morgan fingerprint density at radius 3 is 2.35 bits per heavy atom. The molecule has 0 N–H and O–H groups in total. The third-order valence-corrected chi connectivity index (χ3v) is 3.73. The fourth-order valence-corrected chi connectivity index (χ4v) is 2.54. The number of halogens is 1. The molecule has 0 aliphatic rings. The van der Waals surface area contributed by atoms with Crippen LogP contribution in [-0.4, -0.2) is 35.9 Å². The van der Waals surface area contributed by atoms with Crippen LogP contribution < -0.4 is 0 Å². The number of fused-ring (bicyclic) bond motifs is 1. The van der Waals surface area contributed by atoms with Crippen molar-refractivity contribution in [3.63, 3.8) is 0 Å². The van der Waals surface area contributed by atoms with E-state index in [-0.39, 0.29) is 11.8 Å². The molecule has 0 saturated heterocycles. The van der Waals surface area contributed by atoms with Crippen LogP contribution in [-0.2, 0) is 0 Å². The van der Waals surface area contributed by atoms with Crippen molar-refractivity contribution in [2.45, 2.75) is 0 Å². The van der Waals surface area contributed by atoms with Gasteiger partial charge < -0.3 is 4.90 Å². The van der Waals surface area contributed by atoms with E-state index in [4.69, 9.17) is 0 Å². The van der Waals surface area contributed by atoms with Crippen molar-refractivity contribution in [1.82, 2.24) is 9.47 Å². The van der Waals surface area contributed by atoms with Crippen LogP contribution >= 0.6 is 0 Å². The van der Waals surface area contributed by atoms with Crippen LogP contribution in [0.3, 0.4) is 0 Å². The molecule has 4 nitrogen and oxygen atoms in total. The van der Waals surface area contributed by atoms with Gasteiger partial charge in [0.25, 0.3) is 0 Å². The number of benzene rings is 2. The van der Waals surface area contributed by atoms with E-state index in [0.717, 1.165) is 17.4 Å². The van der Waals surface area contributed by atoms with Crippen LogP contribution in [0.5, 0.6) is 0 Å². The van der Waals surface area contributed by atoms with Gasteiger partial charge in [-0.25, -0.2) is 9.18 Å². The number of aromatic nitrogens is 1. The van der Waals surface area contributed by atoms with Gasteiger partial charge in [-0.1, -0.05) is 24.3 Å². The fraction of sp³-hybridized carbons (Fsp3) is 0.111. The average molecular weight is 310 g/mol. The molecule has 1 heterocycles. The average Bonchev–Trinajstić information content (AvgIpc) is 2.92. The van der Waals surface area contributed by atoms with E-state index in [1.54, 1.807) is 32.3 Å². The van der Waals surface area contributed by atoms with Crippen molar-refractivity contribution in [3.8, 4) is 11.1 Å². The van der Waals surface area contributed by atoms with Gasteiger partial charge in [0, 0.05) is 31.2 Å². The van der Waals surface area contributed by atoms with Crippen LogP contribution in [0.1, 0.15) is 10.4 Å². The molecule has 1 amide bonds. The summed E-state index contributed by atoms with van der Waals surface area (Å²) in [6.07, 6.45) is 2.27. The van der Waals surface area contributed by atoms with Crippen molar-refractivity contribution < 1.29 is 14.0 Å². The molecule has 0 atom stereocenters. The predicted molar refractivity (Wildman–Crippen MR) is 87.2 cm³/mol. The lowest BCUT2D eigenvalue weighted by atomic mass is 10.0. The van der Waals surface area contributed by atoms with Gasteiger partial charge in [-0.05, 0) is 29.3 Å². The van der Waals surface area contributed by atoms with E-state index in [1.165, 1.54) is 27.8 Å². The minimum Gasteiger partial charge on any atom is -0.330 e. The zero-order valence-corrected chi connectivity index (χ0v) is 12.8. The fourth-order valence-electron chi connectivity index (χ4n) is 2.54. The topological polar surface area (TPSA) is 42.3 Å². The molecule has 2 aromatic carbocycles. The zero-order valence-electron chi connectivity index (χ0n) is 12.8. The lowest BCUT2D eigenvalue weighted by Crippen LogP contribution is -2.26. The van der Waals surface area contributed by atoms with E-state index in [9.17, 15) is 14.0 Å². The van der Waals surface area contributed by atoms with Gasteiger partial charge in [0.1, 0.15) is 5.82 Å². The maximum atomic E-state index is 13.1. The predicted octanol–water partition coefficient (Wildman–Crippen LogP) is 3.79. The normalized spacial score (nSPS) is 10.7. The highest BCUT2D eigenvalue weighted by Crippen LogP contribution is 2.27. The standard InChI is InChI=1S/C18H15FN2O2/c1-20(2)18(23)21-10-14(11-22)16-8-5-13(9-17(16)21)12-3-6-15(19)7-4-12/h3-11H,1-2H3. The van der Waals surface area contributed by atoms with Gasteiger partial charge in [0.05, 0.1) is 5.52 Å². The Balaban J connectivity index is 2.21. The van der Waals surface area contributed by atoms with Crippen molar-refractivity contribution in [1.29, 1.82) is 0 Å². The van der Waals surface area contributed by atoms with Crippen LogP contribution in [0.25, 0.3) is 22.0 Å². The van der Waals surface area contributed by atoms with Gasteiger partial charge in [0.2, 0.25) is 0 Å². The van der Waals surface area contributed by atoms with Gasteiger partial charge in [0.15, 0.2) is 6.29 Å². The minimum absolute atomic E-state index is 0.237. The highest BCUT2D eigenvalue weighted by molar-refractivity contribution is 6.03. The zero-order chi connectivity index (χ0) is 16.6. The van der Waals surface area contributed by atoms with Crippen LogP contribution in [0.15, 0.2) is 48.7 Å². The molecule has 116 valence electrons. The van der Waals surface area contributed by atoms with E-state index >= 15 is 0 Å². The Kier molecular flexibility index (Phi) is 3.70. The molecule has 0 unspecified atom stereocenters. The summed E-state index contributed by atoms with van der Waals surface area (Å²) in [5, 5.41) is 0.709. The van der Waals surface area contributed by atoms with E-state index in [2.05, 4.69) is 0 Å². The SMILES string of the molecule is CN(C)C(=O)n1cc(C=O)c2ccc(-c3ccc(F)cc3)cc21. The summed E-state index contributed by atoms with van der Waals surface area (Å²) in [7, 11) is 3.30. The molecule has 3 aromatic rings. The summed E-state index contributed by atoms with van der Waals surface area (Å²) >= 11 is 0. The quantitative estimate of drug-likeness (QED) is 0.676. The molecule has 0 fully saturated rings. The number of carbonyl (C=O) groups is 2. The molecule has 3 rings (SSSR count). The van der Waals surface area contributed by atoms with Gasteiger partial charge >= 0.3 is 6.03 Å². The Bertz CT molecular complexity index is 895. The largest absolute Gasteiger partial charge is 0.330 e. The van der Waals surface area contributed by atoms with Crippen LogP contribution in [0, 0.1) is 5.82 Å². The maximum Gasteiger partial charge on any atom is 0.328 e. The summed E-state index contributed by atoms with van der Waals surface area (Å²) in [4.78, 5) is 25.0. The second kappa shape index (κ2) is 5.68.